The van der Waals surface area contributed by atoms with Crippen molar-refractivity contribution in [3.63, 3.8) is 0 Å². The van der Waals surface area contributed by atoms with Crippen molar-refractivity contribution in [2.45, 2.75) is 38.0 Å². The summed E-state index contributed by atoms with van der Waals surface area (Å²) >= 11 is 0. The van der Waals surface area contributed by atoms with E-state index in [1.807, 2.05) is 36.4 Å². The third kappa shape index (κ3) is 3.48. The van der Waals surface area contributed by atoms with Crippen molar-refractivity contribution in [3.8, 4) is 0 Å². The molecule has 1 spiro atoms. The first-order chi connectivity index (χ1) is 12.9. The molecule has 1 aliphatic carbocycles. The molecule has 0 radical (unpaired) electrons. The van der Waals surface area contributed by atoms with E-state index in [4.69, 9.17) is 9.15 Å². The average Bonchev–Trinajstić information content (AvgIpc) is 3.07. The Morgan fingerprint density at radius 3 is 2.78 bits per heavy atom. The van der Waals surface area contributed by atoms with Crippen LogP contribution in [-0.2, 0) is 9.53 Å². The number of benzene rings is 1. The van der Waals surface area contributed by atoms with Crippen molar-refractivity contribution in [1.29, 1.82) is 0 Å². The Labute approximate surface area is 154 Å². The van der Waals surface area contributed by atoms with Crippen LogP contribution in [0.5, 0.6) is 0 Å². The smallest absolute Gasteiger partial charge is 0.456 e. The molecule has 4 nitrogen and oxygen atoms in total. The Kier molecular flexibility index (Phi) is 4.50. The zero-order chi connectivity index (χ0) is 19.1. The lowest BCUT2D eigenvalue weighted by Crippen LogP contribution is -2.52. The molecule has 2 unspecified atom stereocenters. The number of nitrogens with one attached hydrogen (secondary N) is 1. The Morgan fingerprint density at radius 2 is 2.07 bits per heavy atom. The molecule has 1 saturated heterocycles. The van der Waals surface area contributed by atoms with Gasteiger partial charge in [-0.2, -0.15) is 13.2 Å². The SMILES string of the molecule is O=C(OC1CNCCC12CC=C(c1cc3ccccc3o1)CC2)C(F)(F)F. The molecule has 2 atom stereocenters. The first-order valence-electron chi connectivity index (χ1n) is 9.04. The van der Waals surface area contributed by atoms with Crippen LogP contribution < -0.4 is 5.32 Å². The Balaban J connectivity index is 1.54. The second-order valence-electron chi connectivity index (χ2n) is 7.29. The van der Waals surface area contributed by atoms with E-state index >= 15 is 0 Å². The van der Waals surface area contributed by atoms with Gasteiger partial charge in [-0.3, -0.25) is 0 Å². The number of alkyl halides is 3. The van der Waals surface area contributed by atoms with Crippen LogP contribution in [0.15, 0.2) is 40.8 Å². The number of para-hydroxylation sites is 1. The predicted molar refractivity (Wildman–Crippen MR) is 93.9 cm³/mol. The molecule has 1 aromatic heterocycles. The summed E-state index contributed by atoms with van der Waals surface area (Å²) in [7, 11) is 0. The van der Waals surface area contributed by atoms with E-state index < -0.39 is 23.7 Å². The zero-order valence-corrected chi connectivity index (χ0v) is 14.6. The molecule has 0 bridgehead atoms. The van der Waals surface area contributed by atoms with E-state index in [0.29, 0.717) is 32.2 Å². The molecule has 0 saturated carbocycles. The van der Waals surface area contributed by atoms with Crippen LogP contribution in [-0.4, -0.2) is 31.3 Å². The fourth-order valence-corrected chi connectivity index (χ4v) is 4.11. The lowest BCUT2D eigenvalue weighted by Gasteiger charge is -2.45. The fourth-order valence-electron chi connectivity index (χ4n) is 4.11. The number of esters is 1. The Hall–Kier alpha value is -2.28. The second kappa shape index (κ2) is 6.71. The highest BCUT2D eigenvalue weighted by atomic mass is 19.4. The molecule has 1 fully saturated rings. The van der Waals surface area contributed by atoms with Gasteiger partial charge in [0.2, 0.25) is 0 Å². The molecule has 2 aliphatic rings. The lowest BCUT2D eigenvalue weighted by molar-refractivity contribution is -0.212. The molecule has 1 N–H and O–H groups in total. The maximum Gasteiger partial charge on any atom is 0.490 e. The molecule has 2 heterocycles. The standard InChI is InChI=1S/C20H20F3NO3/c21-20(22,23)18(25)27-17-12-24-10-9-19(17)7-5-13(6-8-19)16-11-14-3-1-2-4-15(14)26-16/h1-5,11,17,24H,6-10,12H2. The molecule has 1 aliphatic heterocycles. The van der Waals surface area contributed by atoms with Crippen LogP contribution in [0.4, 0.5) is 13.2 Å². The van der Waals surface area contributed by atoms with Crippen molar-refractivity contribution in [1.82, 2.24) is 5.32 Å². The van der Waals surface area contributed by atoms with E-state index in [-0.39, 0.29) is 6.54 Å². The van der Waals surface area contributed by atoms with E-state index in [9.17, 15) is 18.0 Å². The third-order valence-corrected chi connectivity index (χ3v) is 5.68. The van der Waals surface area contributed by atoms with Gasteiger partial charge in [-0.25, -0.2) is 4.79 Å². The molecule has 4 rings (SSSR count). The predicted octanol–water partition coefficient (Wildman–Crippen LogP) is 4.45. The number of allylic oxidation sites excluding steroid dienone is 2. The summed E-state index contributed by atoms with van der Waals surface area (Å²) in [5.74, 6) is -1.31. The molecular weight excluding hydrogens is 359 g/mol. The van der Waals surface area contributed by atoms with Gasteiger partial charge in [0.15, 0.2) is 0 Å². The summed E-state index contributed by atoms with van der Waals surface area (Å²) < 4.78 is 48.6. The summed E-state index contributed by atoms with van der Waals surface area (Å²) in [4.78, 5) is 11.3. The van der Waals surface area contributed by atoms with E-state index in [1.54, 1.807) is 0 Å². The first kappa shape index (κ1) is 18.1. The highest BCUT2D eigenvalue weighted by molar-refractivity contribution is 5.82. The van der Waals surface area contributed by atoms with Crippen LogP contribution in [0, 0.1) is 5.41 Å². The van der Waals surface area contributed by atoms with Gasteiger partial charge in [0.1, 0.15) is 17.4 Å². The number of ether oxygens (including phenoxy) is 1. The first-order valence-corrected chi connectivity index (χ1v) is 9.04. The van der Waals surface area contributed by atoms with Crippen molar-refractivity contribution in [2.75, 3.05) is 13.1 Å². The number of carbonyl (C=O) groups is 1. The molecular formula is C20H20F3NO3. The molecule has 144 valence electrons. The van der Waals surface area contributed by atoms with Crippen LogP contribution in [0.1, 0.15) is 31.4 Å². The number of halogens is 3. The van der Waals surface area contributed by atoms with Gasteiger partial charge in [-0.15, -0.1) is 0 Å². The van der Waals surface area contributed by atoms with Gasteiger partial charge >= 0.3 is 12.1 Å². The summed E-state index contributed by atoms with van der Waals surface area (Å²) in [5, 5.41) is 4.06. The van der Waals surface area contributed by atoms with Crippen molar-refractivity contribution in [3.05, 3.63) is 42.2 Å². The van der Waals surface area contributed by atoms with Crippen LogP contribution in [0.25, 0.3) is 16.5 Å². The van der Waals surface area contributed by atoms with Crippen LogP contribution >= 0.6 is 0 Å². The Bertz CT molecular complexity index is 853. The number of furan rings is 1. The maximum atomic E-state index is 12.6. The molecule has 0 amide bonds. The third-order valence-electron chi connectivity index (χ3n) is 5.68. The topological polar surface area (TPSA) is 51.5 Å². The maximum absolute atomic E-state index is 12.6. The highest BCUT2D eigenvalue weighted by Crippen LogP contribution is 2.46. The van der Waals surface area contributed by atoms with Gasteiger partial charge in [0, 0.05) is 17.3 Å². The van der Waals surface area contributed by atoms with Gasteiger partial charge in [-0.1, -0.05) is 24.3 Å². The molecule has 7 heteroatoms. The fraction of sp³-hybridized carbons (Fsp3) is 0.450. The van der Waals surface area contributed by atoms with Gasteiger partial charge < -0.3 is 14.5 Å². The van der Waals surface area contributed by atoms with Gasteiger partial charge in [0.25, 0.3) is 0 Å². The zero-order valence-electron chi connectivity index (χ0n) is 14.6. The quantitative estimate of drug-likeness (QED) is 0.783. The molecule has 1 aromatic carbocycles. The number of piperidine rings is 1. The van der Waals surface area contributed by atoms with E-state index in [2.05, 4.69) is 5.32 Å². The van der Waals surface area contributed by atoms with E-state index in [1.165, 1.54) is 0 Å². The number of rotatable bonds is 2. The van der Waals surface area contributed by atoms with Gasteiger partial charge in [0.05, 0.1) is 0 Å². The Morgan fingerprint density at radius 1 is 1.26 bits per heavy atom. The molecule has 2 aromatic rings. The van der Waals surface area contributed by atoms with Gasteiger partial charge in [-0.05, 0) is 49.9 Å². The highest BCUT2D eigenvalue weighted by Gasteiger charge is 2.48. The largest absolute Gasteiger partial charge is 0.490 e. The monoisotopic (exact) mass is 379 g/mol. The van der Waals surface area contributed by atoms with Crippen molar-refractivity contribution < 1.29 is 27.1 Å². The summed E-state index contributed by atoms with van der Waals surface area (Å²) in [6.45, 7) is 0.948. The van der Waals surface area contributed by atoms with Crippen molar-refractivity contribution in [2.24, 2.45) is 5.41 Å². The normalized spacial score (nSPS) is 26.2. The number of hydrogen-bond donors (Lipinski definition) is 1. The number of fused-ring (bicyclic) bond motifs is 1. The summed E-state index contributed by atoms with van der Waals surface area (Å²) in [5.41, 5.74) is 1.41. The average molecular weight is 379 g/mol. The van der Waals surface area contributed by atoms with E-state index in [0.717, 1.165) is 22.3 Å². The minimum atomic E-state index is -4.97. The summed E-state index contributed by atoms with van der Waals surface area (Å²) in [6, 6.07) is 9.73. The number of hydrogen-bond acceptors (Lipinski definition) is 4. The summed E-state index contributed by atoms with van der Waals surface area (Å²) in [6.07, 6.45) is -1.14. The van der Waals surface area contributed by atoms with Crippen LogP contribution in [0.2, 0.25) is 0 Å². The minimum absolute atomic E-state index is 0.246. The van der Waals surface area contributed by atoms with Crippen molar-refractivity contribution >= 4 is 22.5 Å². The second-order valence-corrected chi connectivity index (χ2v) is 7.29. The lowest BCUT2D eigenvalue weighted by atomic mass is 9.67. The number of carbonyl (C=O) groups excluding carboxylic acids is 1. The molecule has 27 heavy (non-hydrogen) atoms. The minimum Gasteiger partial charge on any atom is -0.456 e. The van der Waals surface area contributed by atoms with Crippen LogP contribution in [0.3, 0.4) is 0 Å².